The summed E-state index contributed by atoms with van der Waals surface area (Å²) < 4.78 is 12.7. The Labute approximate surface area is 106 Å². The average molecular weight is 250 g/mol. The normalized spacial score (nSPS) is 10.8. The van der Waals surface area contributed by atoms with Gasteiger partial charge in [-0.1, -0.05) is 0 Å². The molecule has 0 aromatic carbocycles. The molecule has 1 N–H and O–H groups in total. The number of nitrogens with one attached hydrogen (secondary N) is 1. The van der Waals surface area contributed by atoms with Crippen LogP contribution in [0.1, 0.15) is 13.8 Å². The van der Waals surface area contributed by atoms with Crippen LogP contribution in [-0.2, 0) is 4.74 Å². The number of hydrogen-bond donors (Lipinski definition) is 1. The van der Waals surface area contributed by atoms with E-state index in [2.05, 4.69) is 15.3 Å². The third-order valence-corrected chi connectivity index (χ3v) is 2.37. The lowest BCUT2D eigenvalue weighted by Gasteiger charge is -2.09. The first-order chi connectivity index (χ1) is 8.85. The topological polar surface area (TPSA) is 60.7 Å². The van der Waals surface area contributed by atoms with Gasteiger partial charge in [0.25, 0.3) is 5.88 Å². The fourth-order valence-electron chi connectivity index (χ4n) is 1.61. The van der Waals surface area contributed by atoms with E-state index >= 15 is 0 Å². The Hall–Kier alpha value is -1.82. The van der Waals surface area contributed by atoms with Gasteiger partial charge in [-0.15, -0.1) is 0 Å². The van der Waals surface area contributed by atoms with Gasteiger partial charge >= 0.3 is 0 Å². The van der Waals surface area contributed by atoms with E-state index in [0.717, 1.165) is 12.4 Å². The molecule has 98 valence electrons. The first-order valence-electron chi connectivity index (χ1n) is 6.13. The summed E-state index contributed by atoms with van der Waals surface area (Å²) in [5.41, 5.74) is 0.716. The van der Waals surface area contributed by atoms with E-state index in [9.17, 15) is 0 Å². The number of ether oxygens (including phenoxy) is 2. The van der Waals surface area contributed by atoms with Crippen LogP contribution in [0.15, 0.2) is 18.6 Å². The Kier molecular flexibility index (Phi) is 4.35. The van der Waals surface area contributed by atoms with Crippen molar-refractivity contribution < 1.29 is 9.47 Å². The molecule has 0 aliphatic heterocycles. The summed E-state index contributed by atoms with van der Waals surface area (Å²) in [7, 11) is 0. The third-order valence-electron chi connectivity index (χ3n) is 2.37. The number of hydrogen-bond acceptors (Lipinski definition) is 5. The standard InChI is InChI=1S/C12H18N4O2/c1-3-13-10-9-16-6-5-14-11(16)12(15-10)18-8-7-17-4-2/h5-6,9,13H,3-4,7-8H2,1-2H3. The van der Waals surface area contributed by atoms with Crippen molar-refractivity contribution in [1.29, 1.82) is 0 Å². The highest BCUT2D eigenvalue weighted by atomic mass is 16.5. The molecule has 0 saturated heterocycles. The molecular formula is C12H18N4O2. The molecule has 2 rings (SSSR count). The molecule has 2 aromatic heterocycles. The summed E-state index contributed by atoms with van der Waals surface area (Å²) in [6.07, 6.45) is 5.48. The lowest BCUT2D eigenvalue weighted by Crippen LogP contribution is -2.10. The van der Waals surface area contributed by atoms with E-state index in [1.807, 2.05) is 30.6 Å². The SMILES string of the molecule is CCNc1cn2ccnc2c(OCCOCC)n1. The maximum absolute atomic E-state index is 5.61. The van der Waals surface area contributed by atoms with Gasteiger partial charge < -0.3 is 14.8 Å². The van der Waals surface area contributed by atoms with Crippen molar-refractivity contribution >= 4 is 11.5 Å². The number of imidazole rings is 1. The highest BCUT2D eigenvalue weighted by Gasteiger charge is 2.08. The Bertz CT molecular complexity index is 498. The van der Waals surface area contributed by atoms with Gasteiger partial charge in [0.15, 0.2) is 0 Å². The van der Waals surface area contributed by atoms with Gasteiger partial charge in [0, 0.05) is 25.5 Å². The second-order valence-corrected chi connectivity index (χ2v) is 3.67. The maximum Gasteiger partial charge on any atom is 0.260 e. The molecule has 0 spiro atoms. The monoisotopic (exact) mass is 250 g/mol. The van der Waals surface area contributed by atoms with Crippen LogP contribution in [0.25, 0.3) is 5.65 Å². The molecular weight excluding hydrogens is 232 g/mol. The molecule has 0 bridgehead atoms. The molecule has 0 amide bonds. The summed E-state index contributed by atoms with van der Waals surface area (Å²) in [5.74, 6) is 1.30. The van der Waals surface area contributed by atoms with E-state index in [1.54, 1.807) is 6.20 Å². The van der Waals surface area contributed by atoms with Crippen molar-refractivity contribution in [3.63, 3.8) is 0 Å². The number of aromatic nitrogens is 3. The van der Waals surface area contributed by atoms with E-state index in [1.165, 1.54) is 0 Å². The molecule has 0 aliphatic rings. The summed E-state index contributed by atoms with van der Waals surface area (Å²) in [4.78, 5) is 8.61. The summed E-state index contributed by atoms with van der Waals surface area (Å²) >= 11 is 0. The van der Waals surface area contributed by atoms with Crippen molar-refractivity contribution in [2.24, 2.45) is 0 Å². The molecule has 0 fully saturated rings. The van der Waals surface area contributed by atoms with Crippen molar-refractivity contribution in [3.8, 4) is 5.88 Å². The van der Waals surface area contributed by atoms with Gasteiger partial charge in [-0.25, -0.2) is 4.98 Å². The first-order valence-corrected chi connectivity index (χ1v) is 6.13. The van der Waals surface area contributed by atoms with E-state index in [4.69, 9.17) is 9.47 Å². The second kappa shape index (κ2) is 6.20. The van der Waals surface area contributed by atoms with Crippen LogP contribution in [0, 0.1) is 0 Å². The smallest absolute Gasteiger partial charge is 0.260 e. The van der Waals surface area contributed by atoms with E-state index in [0.29, 0.717) is 31.3 Å². The van der Waals surface area contributed by atoms with Crippen LogP contribution in [0.5, 0.6) is 5.88 Å². The molecule has 6 nitrogen and oxygen atoms in total. The number of rotatable bonds is 7. The minimum Gasteiger partial charge on any atom is -0.473 e. The number of anilines is 1. The Morgan fingerprint density at radius 3 is 3.00 bits per heavy atom. The van der Waals surface area contributed by atoms with Crippen LogP contribution in [0.2, 0.25) is 0 Å². The Morgan fingerprint density at radius 1 is 1.33 bits per heavy atom. The molecule has 6 heteroatoms. The number of nitrogens with zero attached hydrogens (tertiary/aromatic N) is 3. The zero-order valence-electron chi connectivity index (χ0n) is 10.7. The molecule has 2 heterocycles. The highest BCUT2D eigenvalue weighted by Crippen LogP contribution is 2.18. The average Bonchev–Trinajstić information content (AvgIpc) is 2.83. The fraction of sp³-hybridized carbons (Fsp3) is 0.500. The quantitative estimate of drug-likeness (QED) is 0.756. The van der Waals surface area contributed by atoms with Crippen molar-refractivity contribution in [2.75, 3.05) is 31.7 Å². The maximum atomic E-state index is 5.61. The van der Waals surface area contributed by atoms with Gasteiger partial charge in [0.05, 0.1) is 12.8 Å². The van der Waals surface area contributed by atoms with Gasteiger partial charge in [0.2, 0.25) is 5.65 Å². The van der Waals surface area contributed by atoms with Crippen LogP contribution < -0.4 is 10.1 Å². The van der Waals surface area contributed by atoms with Gasteiger partial charge in [-0.2, -0.15) is 4.98 Å². The minimum absolute atomic E-state index is 0.471. The predicted octanol–water partition coefficient (Wildman–Crippen LogP) is 1.58. The van der Waals surface area contributed by atoms with E-state index in [-0.39, 0.29) is 0 Å². The zero-order chi connectivity index (χ0) is 12.8. The summed E-state index contributed by atoms with van der Waals surface area (Å²) in [6.45, 7) is 6.50. The molecule has 0 radical (unpaired) electrons. The fourth-order valence-corrected chi connectivity index (χ4v) is 1.61. The van der Waals surface area contributed by atoms with Crippen LogP contribution >= 0.6 is 0 Å². The molecule has 0 unspecified atom stereocenters. The Morgan fingerprint density at radius 2 is 2.22 bits per heavy atom. The van der Waals surface area contributed by atoms with Crippen LogP contribution in [-0.4, -0.2) is 40.7 Å². The predicted molar refractivity (Wildman–Crippen MR) is 69.1 cm³/mol. The lowest BCUT2D eigenvalue weighted by atomic mass is 10.5. The lowest BCUT2D eigenvalue weighted by molar-refractivity contribution is 0.109. The first kappa shape index (κ1) is 12.6. The highest BCUT2D eigenvalue weighted by molar-refractivity contribution is 5.53. The largest absolute Gasteiger partial charge is 0.473 e. The zero-order valence-corrected chi connectivity index (χ0v) is 10.7. The van der Waals surface area contributed by atoms with Crippen LogP contribution in [0.4, 0.5) is 5.82 Å². The van der Waals surface area contributed by atoms with Gasteiger partial charge in [-0.3, -0.25) is 4.40 Å². The van der Waals surface area contributed by atoms with Gasteiger partial charge in [0.1, 0.15) is 12.4 Å². The van der Waals surface area contributed by atoms with Crippen molar-refractivity contribution in [1.82, 2.24) is 14.4 Å². The molecule has 18 heavy (non-hydrogen) atoms. The van der Waals surface area contributed by atoms with Crippen LogP contribution in [0.3, 0.4) is 0 Å². The van der Waals surface area contributed by atoms with Crippen molar-refractivity contribution in [3.05, 3.63) is 18.6 Å². The minimum atomic E-state index is 0.471. The van der Waals surface area contributed by atoms with E-state index < -0.39 is 0 Å². The molecule has 0 saturated carbocycles. The molecule has 0 atom stereocenters. The Balaban J connectivity index is 2.15. The van der Waals surface area contributed by atoms with Crippen molar-refractivity contribution in [2.45, 2.75) is 13.8 Å². The van der Waals surface area contributed by atoms with Gasteiger partial charge in [-0.05, 0) is 13.8 Å². The summed E-state index contributed by atoms with van der Waals surface area (Å²) in [5, 5.41) is 3.16. The molecule has 0 aliphatic carbocycles. The molecule has 2 aromatic rings. The second-order valence-electron chi connectivity index (χ2n) is 3.67. The third kappa shape index (κ3) is 2.89. The number of fused-ring (bicyclic) bond motifs is 1. The summed E-state index contributed by atoms with van der Waals surface area (Å²) in [6, 6.07) is 0.